The van der Waals surface area contributed by atoms with Crippen molar-refractivity contribution in [2.45, 2.75) is 6.18 Å². The molecule has 1 aromatic heterocycles. The van der Waals surface area contributed by atoms with Crippen LogP contribution in [-0.2, 0) is 11.0 Å². The van der Waals surface area contributed by atoms with Gasteiger partial charge in [0.2, 0.25) is 5.91 Å². The Bertz CT molecular complexity index is 1380. The summed E-state index contributed by atoms with van der Waals surface area (Å²) >= 11 is 0. The molecule has 3 nitrogen and oxygen atoms in total. The molecule has 0 aliphatic heterocycles. The minimum atomic E-state index is -4.48. The maximum absolute atomic E-state index is 14.5. The van der Waals surface area contributed by atoms with Gasteiger partial charge in [-0.3, -0.25) is 9.78 Å². The number of alkyl halides is 3. The Morgan fingerprint density at radius 3 is 2.41 bits per heavy atom. The molecule has 0 unspecified atom stereocenters. The van der Waals surface area contributed by atoms with Gasteiger partial charge in [0.25, 0.3) is 0 Å². The highest BCUT2D eigenvalue weighted by atomic mass is 19.4. The molecule has 170 valence electrons. The Balaban J connectivity index is 1.62. The van der Waals surface area contributed by atoms with E-state index in [1.807, 2.05) is 6.07 Å². The quantitative estimate of drug-likeness (QED) is 0.197. The molecular formula is C27H18F4N2O. The van der Waals surface area contributed by atoms with Crippen molar-refractivity contribution in [2.24, 2.45) is 0 Å². The molecule has 0 aliphatic rings. The molecule has 0 saturated carbocycles. The van der Waals surface area contributed by atoms with Gasteiger partial charge >= 0.3 is 6.18 Å². The lowest BCUT2D eigenvalue weighted by Gasteiger charge is -2.11. The summed E-state index contributed by atoms with van der Waals surface area (Å²) in [7, 11) is 0. The first-order valence-corrected chi connectivity index (χ1v) is 10.3. The number of carbonyl (C=O) groups excluding carboxylic acids is 1. The minimum Gasteiger partial charge on any atom is -0.322 e. The summed E-state index contributed by atoms with van der Waals surface area (Å²) in [5.74, 6) is -0.947. The maximum atomic E-state index is 14.5. The van der Waals surface area contributed by atoms with Gasteiger partial charge in [-0.05, 0) is 41.5 Å². The van der Waals surface area contributed by atoms with E-state index in [4.69, 9.17) is 0 Å². The van der Waals surface area contributed by atoms with Crippen LogP contribution in [0.2, 0.25) is 0 Å². The molecule has 0 radical (unpaired) electrons. The summed E-state index contributed by atoms with van der Waals surface area (Å²) in [5, 5.41) is 4.49. The number of fused-ring (bicyclic) bond motifs is 1. The lowest BCUT2D eigenvalue weighted by atomic mass is 9.96. The zero-order valence-corrected chi connectivity index (χ0v) is 17.7. The van der Waals surface area contributed by atoms with Crippen LogP contribution in [0.1, 0.15) is 16.7 Å². The van der Waals surface area contributed by atoms with Crippen LogP contribution < -0.4 is 5.32 Å². The number of allylic oxidation sites excluding steroid dienone is 2. The molecule has 0 fully saturated rings. The number of benzene rings is 3. The standard InChI is InChI=1S/C27H18F4N2O/c28-24-8-2-1-6-23(24)21(18-11-13-20(14-12-18)27(29,30)31)7-4-10-26(34)33-25-9-3-5-19-17-32-16-15-22(19)25/h1-17H,(H,33,34). The zero-order valence-electron chi connectivity index (χ0n) is 17.7. The summed E-state index contributed by atoms with van der Waals surface area (Å²) < 4.78 is 53.3. The topological polar surface area (TPSA) is 42.0 Å². The van der Waals surface area contributed by atoms with Crippen molar-refractivity contribution in [3.05, 3.63) is 126 Å². The Morgan fingerprint density at radius 1 is 0.912 bits per heavy atom. The van der Waals surface area contributed by atoms with Crippen LogP contribution in [0.15, 0.2) is 103 Å². The van der Waals surface area contributed by atoms with Crippen molar-refractivity contribution in [3.8, 4) is 0 Å². The lowest BCUT2D eigenvalue weighted by molar-refractivity contribution is -0.137. The summed E-state index contributed by atoms with van der Waals surface area (Å²) in [6.07, 6.45) is 3.03. The van der Waals surface area contributed by atoms with Crippen LogP contribution in [0, 0.1) is 5.82 Å². The third-order valence-electron chi connectivity index (χ3n) is 5.14. The summed E-state index contributed by atoms with van der Waals surface area (Å²) in [6.45, 7) is 0. The molecule has 1 amide bonds. The van der Waals surface area contributed by atoms with Gasteiger partial charge in [-0.25, -0.2) is 4.39 Å². The van der Waals surface area contributed by atoms with Crippen molar-refractivity contribution in [2.75, 3.05) is 5.32 Å². The fourth-order valence-corrected chi connectivity index (χ4v) is 3.50. The molecule has 4 rings (SSSR count). The first-order valence-electron chi connectivity index (χ1n) is 10.3. The average molecular weight is 462 g/mol. The van der Waals surface area contributed by atoms with Crippen molar-refractivity contribution < 1.29 is 22.4 Å². The fourth-order valence-electron chi connectivity index (χ4n) is 3.50. The normalized spacial score (nSPS) is 12.3. The molecule has 1 N–H and O–H groups in total. The largest absolute Gasteiger partial charge is 0.416 e. The summed E-state index contributed by atoms with van der Waals surface area (Å²) in [5.41, 5.74) is 0.727. The van der Waals surface area contributed by atoms with Gasteiger partial charge in [0, 0.05) is 40.5 Å². The number of nitrogens with one attached hydrogen (secondary N) is 1. The fraction of sp³-hybridized carbons (Fsp3) is 0.0370. The number of pyridine rings is 1. The molecular weight excluding hydrogens is 444 g/mol. The van der Waals surface area contributed by atoms with Crippen molar-refractivity contribution in [3.63, 3.8) is 0 Å². The lowest BCUT2D eigenvalue weighted by Crippen LogP contribution is -2.08. The molecule has 3 aromatic carbocycles. The monoisotopic (exact) mass is 462 g/mol. The summed E-state index contributed by atoms with van der Waals surface area (Å²) in [4.78, 5) is 16.5. The predicted octanol–water partition coefficient (Wildman–Crippen LogP) is 7.02. The van der Waals surface area contributed by atoms with Crippen LogP contribution in [-0.4, -0.2) is 10.9 Å². The second kappa shape index (κ2) is 9.70. The van der Waals surface area contributed by atoms with Crippen LogP contribution in [0.3, 0.4) is 0 Å². The number of carbonyl (C=O) groups is 1. The Morgan fingerprint density at radius 2 is 1.68 bits per heavy atom. The van der Waals surface area contributed by atoms with Gasteiger partial charge < -0.3 is 5.32 Å². The summed E-state index contributed by atoms with van der Waals surface area (Å²) in [6, 6.07) is 17.6. The van der Waals surface area contributed by atoms with Gasteiger partial charge in [-0.1, -0.05) is 54.6 Å². The first-order chi connectivity index (χ1) is 16.3. The van der Waals surface area contributed by atoms with Crippen molar-refractivity contribution >= 4 is 27.9 Å². The van der Waals surface area contributed by atoms with Crippen molar-refractivity contribution in [1.29, 1.82) is 0 Å². The third kappa shape index (κ3) is 5.20. The number of nitrogens with zero attached hydrogens (tertiary/aromatic N) is 1. The number of hydrogen-bond donors (Lipinski definition) is 1. The van der Waals surface area contributed by atoms with E-state index >= 15 is 0 Å². The van der Waals surface area contributed by atoms with E-state index in [0.717, 1.165) is 22.9 Å². The van der Waals surface area contributed by atoms with Gasteiger partial charge in [0.1, 0.15) is 5.82 Å². The number of aromatic nitrogens is 1. The number of anilines is 1. The van der Waals surface area contributed by atoms with Gasteiger partial charge in [-0.2, -0.15) is 13.2 Å². The Hall–Kier alpha value is -4.26. The molecule has 7 heteroatoms. The van der Waals surface area contributed by atoms with Crippen LogP contribution in [0.25, 0.3) is 16.3 Å². The highest BCUT2D eigenvalue weighted by Gasteiger charge is 2.30. The minimum absolute atomic E-state index is 0.203. The van der Waals surface area contributed by atoms with Crippen molar-refractivity contribution in [1.82, 2.24) is 4.98 Å². The SMILES string of the molecule is O=C(C=CC=C(c1ccc(C(F)(F)F)cc1)c1ccccc1F)Nc1cccc2cnccc12. The molecule has 1 heterocycles. The van der Waals surface area contributed by atoms with Crippen LogP contribution in [0.5, 0.6) is 0 Å². The number of amides is 1. The highest BCUT2D eigenvalue weighted by Crippen LogP contribution is 2.32. The zero-order chi connectivity index (χ0) is 24.1. The maximum Gasteiger partial charge on any atom is 0.416 e. The number of halogens is 4. The van der Waals surface area contributed by atoms with Gasteiger partial charge in [0.15, 0.2) is 0 Å². The average Bonchev–Trinajstić information content (AvgIpc) is 2.82. The Labute approximate surface area is 193 Å². The van der Waals surface area contributed by atoms with Gasteiger partial charge in [0.05, 0.1) is 5.56 Å². The van der Waals surface area contributed by atoms with E-state index in [9.17, 15) is 22.4 Å². The first kappa shape index (κ1) is 22.9. The highest BCUT2D eigenvalue weighted by molar-refractivity contribution is 6.06. The van der Waals surface area contributed by atoms with E-state index in [1.165, 1.54) is 48.6 Å². The van der Waals surface area contributed by atoms with E-state index in [0.29, 0.717) is 16.8 Å². The molecule has 34 heavy (non-hydrogen) atoms. The smallest absolute Gasteiger partial charge is 0.322 e. The predicted molar refractivity (Wildman–Crippen MR) is 124 cm³/mol. The third-order valence-corrected chi connectivity index (χ3v) is 5.14. The van der Waals surface area contributed by atoms with Crippen LogP contribution in [0.4, 0.5) is 23.2 Å². The second-order valence-corrected chi connectivity index (χ2v) is 7.39. The number of rotatable bonds is 5. The molecule has 0 bridgehead atoms. The molecule has 0 saturated heterocycles. The number of hydrogen-bond acceptors (Lipinski definition) is 2. The molecule has 0 atom stereocenters. The molecule has 0 spiro atoms. The second-order valence-electron chi connectivity index (χ2n) is 7.39. The van der Waals surface area contributed by atoms with E-state index in [-0.39, 0.29) is 5.56 Å². The Kier molecular flexibility index (Phi) is 6.54. The molecule has 0 aliphatic carbocycles. The molecule has 4 aromatic rings. The van der Waals surface area contributed by atoms with E-state index < -0.39 is 23.5 Å². The van der Waals surface area contributed by atoms with Gasteiger partial charge in [-0.15, -0.1) is 0 Å². The van der Waals surface area contributed by atoms with Crippen LogP contribution >= 0.6 is 0 Å². The van der Waals surface area contributed by atoms with E-state index in [2.05, 4.69) is 10.3 Å². The van der Waals surface area contributed by atoms with E-state index in [1.54, 1.807) is 36.7 Å².